The van der Waals surface area contributed by atoms with Gasteiger partial charge in [0.15, 0.2) is 0 Å². The third kappa shape index (κ3) is 6.59. The number of rotatable bonds is 10. The zero-order valence-corrected chi connectivity index (χ0v) is 22.4. The van der Waals surface area contributed by atoms with E-state index in [1.165, 1.54) is 17.3 Å². The molecule has 5 rings (SSSR count). The predicted molar refractivity (Wildman–Crippen MR) is 157 cm³/mol. The smallest absolute Gasteiger partial charge is 0.411 e. The first-order chi connectivity index (χ1) is 19.1. The number of fused-ring (bicyclic) bond motifs is 1. The number of aromatic amines is 1. The van der Waals surface area contributed by atoms with Gasteiger partial charge in [-0.25, -0.2) is 9.78 Å². The number of nitrogens with zero attached hydrogens (tertiary/aromatic N) is 3. The number of H-pyrrole nitrogens is 1. The maximum absolute atomic E-state index is 11.6. The van der Waals surface area contributed by atoms with Crippen LogP contribution >= 0.6 is 0 Å². The first-order valence-corrected chi connectivity index (χ1v) is 13.5. The van der Waals surface area contributed by atoms with Crippen LogP contribution in [-0.2, 0) is 11.2 Å². The summed E-state index contributed by atoms with van der Waals surface area (Å²) in [5.74, 6) is 1.68. The molecule has 1 aliphatic rings. The molecular formula is C31H35N5O3. The Hall–Kier alpha value is -4.30. The molecule has 1 aliphatic heterocycles. The zero-order valence-electron chi connectivity index (χ0n) is 22.4. The van der Waals surface area contributed by atoms with Crippen LogP contribution in [0, 0.1) is 0 Å². The second-order valence-electron chi connectivity index (χ2n) is 9.53. The van der Waals surface area contributed by atoms with Gasteiger partial charge in [-0.05, 0) is 54.4 Å². The summed E-state index contributed by atoms with van der Waals surface area (Å²) in [6, 6.07) is 22.2. The average Bonchev–Trinajstić information content (AvgIpc) is 3.42. The number of benzene rings is 3. The number of hydrogen-bond donors (Lipinski definition) is 2. The van der Waals surface area contributed by atoms with Gasteiger partial charge in [0.2, 0.25) is 0 Å². The van der Waals surface area contributed by atoms with Gasteiger partial charge in [0, 0.05) is 44.0 Å². The maximum atomic E-state index is 11.6. The largest absolute Gasteiger partial charge is 0.492 e. The minimum atomic E-state index is -0.506. The van der Waals surface area contributed by atoms with Gasteiger partial charge in [0.1, 0.15) is 30.3 Å². The van der Waals surface area contributed by atoms with Crippen LogP contribution in [0.4, 0.5) is 16.2 Å². The Kier molecular flexibility index (Phi) is 8.43. The van der Waals surface area contributed by atoms with Crippen molar-refractivity contribution in [2.75, 3.05) is 56.2 Å². The van der Waals surface area contributed by atoms with E-state index >= 15 is 0 Å². The van der Waals surface area contributed by atoms with Crippen LogP contribution < -0.4 is 15.0 Å². The Morgan fingerprint density at radius 2 is 1.87 bits per heavy atom. The number of anilines is 2. The third-order valence-corrected chi connectivity index (χ3v) is 6.92. The van der Waals surface area contributed by atoms with E-state index < -0.39 is 6.09 Å². The molecule has 1 amide bonds. The Morgan fingerprint density at radius 3 is 2.64 bits per heavy atom. The quantitative estimate of drug-likeness (QED) is 0.258. The third-order valence-electron chi connectivity index (χ3n) is 6.92. The normalized spacial score (nSPS) is 13.8. The van der Waals surface area contributed by atoms with Crippen LogP contribution in [0.25, 0.3) is 22.4 Å². The monoisotopic (exact) mass is 525 g/mol. The molecule has 1 aromatic heterocycles. The fourth-order valence-electron chi connectivity index (χ4n) is 4.78. The molecule has 0 unspecified atom stereocenters. The Labute approximate surface area is 229 Å². The number of aromatic nitrogens is 2. The van der Waals surface area contributed by atoms with Gasteiger partial charge in [-0.1, -0.05) is 43.8 Å². The van der Waals surface area contributed by atoms with Crippen molar-refractivity contribution in [1.82, 2.24) is 14.9 Å². The van der Waals surface area contributed by atoms with Gasteiger partial charge in [-0.15, -0.1) is 0 Å². The van der Waals surface area contributed by atoms with Crippen molar-refractivity contribution in [2.24, 2.45) is 0 Å². The number of piperazine rings is 1. The van der Waals surface area contributed by atoms with E-state index in [4.69, 9.17) is 14.5 Å². The lowest BCUT2D eigenvalue weighted by atomic mass is 10.1. The zero-order chi connectivity index (χ0) is 27.0. The lowest BCUT2D eigenvalue weighted by Gasteiger charge is -2.36. The number of nitrogens with one attached hydrogen (secondary N) is 2. The maximum Gasteiger partial charge on any atom is 0.411 e. The molecule has 8 nitrogen and oxygen atoms in total. The molecule has 1 saturated heterocycles. The molecule has 0 spiro atoms. The fourth-order valence-corrected chi connectivity index (χ4v) is 4.78. The van der Waals surface area contributed by atoms with Crippen molar-refractivity contribution in [3.05, 3.63) is 84.9 Å². The first kappa shape index (κ1) is 26.3. The highest BCUT2D eigenvalue weighted by Gasteiger charge is 2.20. The average molecular weight is 526 g/mol. The molecule has 0 aliphatic carbocycles. The van der Waals surface area contributed by atoms with E-state index in [2.05, 4.69) is 76.1 Å². The van der Waals surface area contributed by atoms with Gasteiger partial charge >= 0.3 is 6.09 Å². The van der Waals surface area contributed by atoms with Gasteiger partial charge < -0.3 is 19.4 Å². The van der Waals surface area contributed by atoms with E-state index in [0.717, 1.165) is 67.3 Å². The molecule has 2 N–H and O–H groups in total. The minimum Gasteiger partial charge on any atom is -0.492 e. The van der Waals surface area contributed by atoms with Gasteiger partial charge in [-0.2, -0.15) is 0 Å². The molecule has 8 heteroatoms. The van der Waals surface area contributed by atoms with Crippen molar-refractivity contribution < 1.29 is 14.3 Å². The molecule has 39 heavy (non-hydrogen) atoms. The summed E-state index contributed by atoms with van der Waals surface area (Å²) in [5, 5.41) is 2.67. The summed E-state index contributed by atoms with van der Waals surface area (Å²) in [7, 11) is 0. The van der Waals surface area contributed by atoms with E-state index in [1.54, 1.807) is 12.1 Å². The Morgan fingerprint density at radius 1 is 1.08 bits per heavy atom. The Bertz CT molecular complexity index is 1410. The molecule has 2 heterocycles. The second-order valence-corrected chi connectivity index (χ2v) is 9.53. The highest BCUT2D eigenvalue weighted by atomic mass is 16.5. The number of imidazole rings is 1. The molecule has 4 aromatic rings. The Balaban J connectivity index is 1.12. The molecular weight excluding hydrogens is 490 g/mol. The summed E-state index contributed by atoms with van der Waals surface area (Å²) in [5.41, 5.74) is 6.36. The molecule has 0 bridgehead atoms. The predicted octanol–water partition coefficient (Wildman–Crippen LogP) is 5.73. The van der Waals surface area contributed by atoms with Crippen molar-refractivity contribution in [1.29, 1.82) is 0 Å². The van der Waals surface area contributed by atoms with Crippen molar-refractivity contribution in [2.45, 2.75) is 13.3 Å². The van der Waals surface area contributed by atoms with Crippen molar-refractivity contribution >= 4 is 28.5 Å². The van der Waals surface area contributed by atoms with Gasteiger partial charge in [0.05, 0.1) is 11.2 Å². The van der Waals surface area contributed by atoms with Crippen LogP contribution in [0.5, 0.6) is 5.75 Å². The lowest BCUT2D eigenvalue weighted by Crippen LogP contribution is -2.47. The van der Waals surface area contributed by atoms with Crippen LogP contribution in [0.2, 0.25) is 0 Å². The van der Waals surface area contributed by atoms with Crippen LogP contribution in [-0.4, -0.2) is 66.9 Å². The fraction of sp³-hybridized carbons (Fsp3) is 0.290. The molecule has 3 aromatic carbocycles. The molecule has 1 fully saturated rings. The number of ether oxygens (including phenoxy) is 2. The summed E-state index contributed by atoms with van der Waals surface area (Å²) < 4.78 is 10.9. The van der Waals surface area contributed by atoms with E-state index in [-0.39, 0.29) is 6.61 Å². The number of amides is 1. The van der Waals surface area contributed by atoms with Crippen molar-refractivity contribution in [3.8, 4) is 17.1 Å². The van der Waals surface area contributed by atoms with E-state index in [0.29, 0.717) is 12.3 Å². The number of carbonyl (C=O) groups excluding carboxylic acids is 1. The van der Waals surface area contributed by atoms with Gasteiger partial charge in [0.25, 0.3) is 0 Å². The number of aryl methyl sites for hydroxylation is 1. The van der Waals surface area contributed by atoms with Crippen LogP contribution in [0.15, 0.2) is 79.4 Å². The summed E-state index contributed by atoms with van der Waals surface area (Å²) in [4.78, 5) is 25.0. The second kappa shape index (κ2) is 12.5. The minimum absolute atomic E-state index is 0.176. The summed E-state index contributed by atoms with van der Waals surface area (Å²) in [6.45, 7) is 11.1. The first-order valence-electron chi connectivity index (χ1n) is 13.5. The standard InChI is InChI=1S/C31H35N5O3/c1-3-20-39-31(37)32-25-11-13-26(14-12-25)38-21-19-35-15-17-36(18-16-35)28-10-6-9-27-29(28)34-30(33-27)24-8-5-7-23(4-2)22-24/h3,5-14,22H,1,4,15-21H2,2H3,(H,32,37)(H,33,34). The summed E-state index contributed by atoms with van der Waals surface area (Å²) in [6.07, 6.45) is 2.03. The molecule has 0 radical (unpaired) electrons. The van der Waals surface area contributed by atoms with Crippen LogP contribution in [0.1, 0.15) is 12.5 Å². The molecule has 202 valence electrons. The summed E-state index contributed by atoms with van der Waals surface area (Å²) >= 11 is 0. The van der Waals surface area contributed by atoms with E-state index in [1.807, 2.05) is 12.1 Å². The highest BCUT2D eigenvalue weighted by Crippen LogP contribution is 2.29. The van der Waals surface area contributed by atoms with E-state index in [9.17, 15) is 4.79 Å². The highest BCUT2D eigenvalue weighted by molar-refractivity contribution is 5.91. The SMILES string of the molecule is C=CCOC(=O)Nc1ccc(OCCN2CCN(c3cccc4[nH]c(-c5cccc(CC)c5)nc34)CC2)cc1. The molecule has 0 atom stereocenters. The van der Waals surface area contributed by atoms with Crippen LogP contribution in [0.3, 0.4) is 0 Å². The van der Waals surface area contributed by atoms with Gasteiger partial charge in [-0.3, -0.25) is 10.2 Å². The number of carbonyl (C=O) groups is 1. The number of para-hydroxylation sites is 1. The lowest BCUT2D eigenvalue weighted by molar-refractivity contribution is 0.174. The molecule has 0 saturated carbocycles. The topological polar surface area (TPSA) is 82.7 Å². The number of hydrogen-bond acceptors (Lipinski definition) is 6. The van der Waals surface area contributed by atoms with Crippen molar-refractivity contribution in [3.63, 3.8) is 0 Å².